The molecule has 0 heterocycles. The van der Waals surface area contributed by atoms with Crippen molar-refractivity contribution in [3.63, 3.8) is 0 Å². The van der Waals surface area contributed by atoms with Crippen LogP contribution in [0.5, 0.6) is 5.75 Å². The van der Waals surface area contributed by atoms with Gasteiger partial charge in [-0.15, -0.1) is 0 Å². The van der Waals surface area contributed by atoms with Gasteiger partial charge in [0.15, 0.2) is 11.6 Å². The maximum Gasteiger partial charge on any atom is 0.219 e. The number of rotatable bonds is 4. The van der Waals surface area contributed by atoms with E-state index in [1.54, 1.807) is 25.1 Å². The summed E-state index contributed by atoms with van der Waals surface area (Å²) in [6.45, 7) is 1.94. The Kier molecular flexibility index (Phi) is 4.09. The molecule has 1 rings (SSSR count). The highest BCUT2D eigenvalue weighted by molar-refractivity contribution is 5.75. The number of carbonyl (C=O) groups is 1. The summed E-state index contributed by atoms with van der Waals surface area (Å²) in [5, 5.41) is 2.61. The highest BCUT2D eigenvalue weighted by atomic mass is 19.1. The molecule has 1 aromatic rings. The van der Waals surface area contributed by atoms with E-state index in [2.05, 4.69) is 5.32 Å². The first-order valence-electron chi connectivity index (χ1n) is 4.77. The average molecular weight is 211 g/mol. The topological polar surface area (TPSA) is 38.3 Å². The van der Waals surface area contributed by atoms with E-state index in [1.165, 1.54) is 7.11 Å². The summed E-state index contributed by atoms with van der Waals surface area (Å²) in [6, 6.07) is 4.85. The van der Waals surface area contributed by atoms with Gasteiger partial charge in [0.05, 0.1) is 7.11 Å². The Balaban J connectivity index is 2.73. The molecule has 0 bridgehead atoms. The third kappa shape index (κ3) is 2.94. The van der Waals surface area contributed by atoms with Gasteiger partial charge in [-0.1, -0.05) is 19.1 Å². The number of nitrogens with one attached hydrogen (secondary N) is 1. The molecule has 3 nitrogen and oxygen atoms in total. The van der Waals surface area contributed by atoms with Gasteiger partial charge in [-0.25, -0.2) is 4.39 Å². The molecule has 0 aliphatic carbocycles. The van der Waals surface area contributed by atoms with Crippen LogP contribution < -0.4 is 10.1 Å². The standard InChI is InChI=1S/C11H14FNO2/c1-3-10(14)13-7-8-5-4-6-9(15-2)11(8)12/h4-6H,3,7H2,1-2H3,(H,13,14). The third-order valence-corrected chi connectivity index (χ3v) is 2.06. The Morgan fingerprint density at radius 3 is 2.87 bits per heavy atom. The SMILES string of the molecule is CCC(=O)NCc1cccc(OC)c1F. The number of hydrogen-bond acceptors (Lipinski definition) is 2. The first-order chi connectivity index (χ1) is 7.19. The van der Waals surface area contributed by atoms with Crippen LogP contribution in [0.15, 0.2) is 18.2 Å². The molecular formula is C11H14FNO2. The van der Waals surface area contributed by atoms with Crippen molar-refractivity contribution >= 4 is 5.91 Å². The van der Waals surface area contributed by atoms with Crippen molar-refractivity contribution in [3.8, 4) is 5.75 Å². The molecule has 0 radical (unpaired) electrons. The van der Waals surface area contributed by atoms with E-state index in [-0.39, 0.29) is 18.2 Å². The summed E-state index contributed by atoms with van der Waals surface area (Å²) in [5.41, 5.74) is 0.427. The lowest BCUT2D eigenvalue weighted by molar-refractivity contribution is -0.120. The zero-order valence-corrected chi connectivity index (χ0v) is 8.84. The van der Waals surface area contributed by atoms with Gasteiger partial charge in [-0.3, -0.25) is 4.79 Å². The molecule has 0 atom stereocenters. The van der Waals surface area contributed by atoms with E-state index >= 15 is 0 Å². The van der Waals surface area contributed by atoms with Gasteiger partial charge in [0, 0.05) is 18.5 Å². The van der Waals surface area contributed by atoms with Gasteiger partial charge in [-0.05, 0) is 6.07 Å². The van der Waals surface area contributed by atoms with Gasteiger partial charge >= 0.3 is 0 Å². The number of amides is 1. The molecule has 1 N–H and O–H groups in total. The molecule has 0 aliphatic rings. The predicted octanol–water partition coefficient (Wildman–Crippen LogP) is 1.86. The van der Waals surface area contributed by atoms with Gasteiger partial charge in [-0.2, -0.15) is 0 Å². The largest absolute Gasteiger partial charge is 0.494 e. The summed E-state index contributed by atoms with van der Waals surface area (Å²) in [6.07, 6.45) is 0.394. The van der Waals surface area contributed by atoms with E-state index in [9.17, 15) is 9.18 Å². The maximum atomic E-state index is 13.6. The molecule has 0 saturated carbocycles. The fourth-order valence-electron chi connectivity index (χ4n) is 1.17. The van der Waals surface area contributed by atoms with Crippen molar-refractivity contribution < 1.29 is 13.9 Å². The minimum Gasteiger partial charge on any atom is -0.494 e. The van der Waals surface area contributed by atoms with Crippen LogP contribution in [0.2, 0.25) is 0 Å². The Labute approximate surface area is 88.2 Å². The Bertz CT molecular complexity index is 352. The van der Waals surface area contributed by atoms with Crippen LogP contribution in [-0.2, 0) is 11.3 Å². The lowest BCUT2D eigenvalue weighted by Gasteiger charge is -2.07. The van der Waals surface area contributed by atoms with Gasteiger partial charge in [0.25, 0.3) is 0 Å². The lowest BCUT2D eigenvalue weighted by Crippen LogP contribution is -2.22. The second-order valence-corrected chi connectivity index (χ2v) is 3.06. The summed E-state index contributed by atoms with van der Waals surface area (Å²) in [5.74, 6) is -0.327. The molecular weight excluding hydrogens is 197 g/mol. The average Bonchev–Trinajstić information content (AvgIpc) is 2.27. The van der Waals surface area contributed by atoms with Crippen LogP contribution in [0, 0.1) is 5.82 Å². The Morgan fingerprint density at radius 2 is 2.27 bits per heavy atom. The summed E-state index contributed by atoms with van der Waals surface area (Å²) >= 11 is 0. The van der Waals surface area contributed by atoms with E-state index in [1.807, 2.05) is 0 Å². The van der Waals surface area contributed by atoms with Crippen LogP contribution in [0.4, 0.5) is 4.39 Å². The minimum absolute atomic E-state index is 0.0998. The first kappa shape index (κ1) is 11.5. The zero-order chi connectivity index (χ0) is 11.3. The Morgan fingerprint density at radius 1 is 1.53 bits per heavy atom. The van der Waals surface area contributed by atoms with Gasteiger partial charge in [0.1, 0.15) is 0 Å². The van der Waals surface area contributed by atoms with Crippen LogP contribution >= 0.6 is 0 Å². The lowest BCUT2D eigenvalue weighted by atomic mass is 10.2. The first-order valence-corrected chi connectivity index (χ1v) is 4.77. The van der Waals surface area contributed by atoms with Crippen LogP contribution in [-0.4, -0.2) is 13.0 Å². The Hall–Kier alpha value is -1.58. The predicted molar refractivity (Wildman–Crippen MR) is 55.1 cm³/mol. The fraction of sp³-hybridized carbons (Fsp3) is 0.364. The second kappa shape index (κ2) is 5.34. The summed E-state index contributed by atoms with van der Waals surface area (Å²) < 4.78 is 18.4. The van der Waals surface area contributed by atoms with Crippen molar-refractivity contribution in [2.45, 2.75) is 19.9 Å². The molecule has 1 amide bonds. The van der Waals surface area contributed by atoms with Gasteiger partial charge < -0.3 is 10.1 Å². The van der Waals surface area contributed by atoms with Crippen molar-refractivity contribution in [1.82, 2.24) is 5.32 Å². The monoisotopic (exact) mass is 211 g/mol. The number of halogens is 1. The number of methoxy groups -OCH3 is 1. The summed E-state index contributed by atoms with van der Waals surface area (Å²) in [4.78, 5) is 11.0. The van der Waals surface area contributed by atoms with Crippen molar-refractivity contribution in [2.24, 2.45) is 0 Å². The van der Waals surface area contributed by atoms with E-state index in [0.717, 1.165) is 0 Å². The highest BCUT2D eigenvalue weighted by Gasteiger charge is 2.08. The van der Waals surface area contributed by atoms with Crippen LogP contribution in [0.3, 0.4) is 0 Å². The number of carbonyl (C=O) groups excluding carboxylic acids is 1. The number of ether oxygens (including phenoxy) is 1. The third-order valence-electron chi connectivity index (χ3n) is 2.06. The summed E-state index contributed by atoms with van der Waals surface area (Å²) in [7, 11) is 1.41. The maximum absolute atomic E-state index is 13.6. The molecule has 1 aromatic carbocycles. The molecule has 0 aliphatic heterocycles. The molecule has 4 heteroatoms. The fourth-order valence-corrected chi connectivity index (χ4v) is 1.17. The van der Waals surface area contributed by atoms with E-state index in [0.29, 0.717) is 12.0 Å². The smallest absolute Gasteiger partial charge is 0.219 e. The van der Waals surface area contributed by atoms with Crippen LogP contribution in [0.25, 0.3) is 0 Å². The van der Waals surface area contributed by atoms with Crippen molar-refractivity contribution in [1.29, 1.82) is 0 Å². The minimum atomic E-state index is -0.420. The molecule has 15 heavy (non-hydrogen) atoms. The molecule has 0 fully saturated rings. The normalized spacial score (nSPS) is 9.80. The van der Waals surface area contributed by atoms with Crippen LogP contribution in [0.1, 0.15) is 18.9 Å². The van der Waals surface area contributed by atoms with Crippen molar-refractivity contribution in [3.05, 3.63) is 29.6 Å². The van der Waals surface area contributed by atoms with Crippen molar-refractivity contribution in [2.75, 3.05) is 7.11 Å². The highest BCUT2D eigenvalue weighted by Crippen LogP contribution is 2.19. The second-order valence-electron chi connectivity index (χ2n) is 3.06. The molecule has 0 spiro atoms. The molecule has 0 saturated heterocycles. The molecule has 0 aromatic heterocycles. The number of benzene rings is 1. The zero-order valence-electron chi connectivity index (χ0n) is 8.84. The van der Waals surface area contributed by atoms with E-state index < -0.39 is 5.82 Å². The quantitative estimate of drug-likeness (QED) is 0.825. The van der Waals surface area contributed by atoms with E-state index in [4.69, 9.17) is 4.74 Å². The number of hydrogen-bond donors (Lipinski definition) is 1. The molecule has 0 unspecified atom stereocenters. The van der Waals surface area contributed by atoms with Gasteiger partial charge in [0.2, 0.25) is 5.91 Å². The molecule has 82 valence electrons.